The average molecular weight is 302 g/mol. The monoisotopic (exact) mass is 302 g/mol. The van der Waals surface area contributed by atoms with Gasteiger partial charge in [0.15, 0.2) is 5.82 Å². The minimum atomic E-state index is -0.0646. The van der Waals surface area contributed by atoms with Gasteiger partial charge in [0.05, 0.1) is 7.11 Å². The van der Waals surface area contributed by atoms with Crippen LogP contribution >= 0.6 is 11.3 Å². The van der Waals surface area contributed by atoms with E-state index in [1.807, 2.05) is 16.6 Å². The Morgan fingerprint density at radius 3 is 2.48 bits per heavy atom. The second kappa shape index (κ2) is 5.11. The minimum Gasteiger partial charge on any atom is -0.497 e. The van der Waals surface area contributed by atoms with Crippen LogP contribution in [0.4, 0.5) is 0 Å². The molecule has 2 heterocycles. The quantitative estimate of drug-likeness (QED) is 0.746. The van der Waals surface area contributed by atoms with Gasteiger partial charge in [-0.3, -0.25) is 0 Å². The van der Waals surface area contributed by atoms with E-state index >= 15 is 0 Å². The van der Waals surface area contributed by atoms with Crippen LogP contribution in [0.1, 0.15) is 37.2 Å². The van der Waals surface area contributed by atoms with Crippen LogP contribution in [0.15, 0.2) is 24.3 Å². The van der Waals surface area contributed by atoms with Crippen LogP contribution in [0.25, 0.3) is 4.96 Å². The summed E-state index contributed by atoms with van der Waals surface area (Å²) in [6, 6.07) is 8.06. The van der Waals surface area contributed by atoms with Crippen LogP contribution in [-0.2, 0) is 11.8 Å². The number of rotatable bonds is 3. The summed E-state index contributed by atoms with van der Waals surface area (Å²) < 4.78 is 7.04. The fourth-order valence-corrected chi connectivity index (χ4v) is 2.98. The highest BCUT2D eigenvalue weighted by Crippen LogP contribution is 2.24. The first kappa shape index (κ1) is 14.0. The summed E-state index contributed by atoms with van der Waals surface area (Å²) >= 11 is 1.59. The molecular formula is C15H18N4OS. The molecule has 0 aliphatic rings. The second-order valence-electron chi connectivity index (χ2n) is 5.99. The van der Waals surface area contributed by atoms with Crippen LogP contribution in [0, 0.1) is 0 Å². The van der Waals surface area contributed by atoms with E-state index in [0.29, 0.717) is 0 Å². The van der Waals surface area contributed by atoms with Gasteiger partial charge in [-0.2, -0.15) is 9.61 Å². The Morgan fingerprint density at radius 1 is 1.14 bits per heavy atom. The van der Waals surface area contributed by atoms with E-state index in [2.05, 4.69) is 48.2 Å². The van der Waals surface area contributed by atoms with Gasteiger partial charge in [-0.15, -0.1) is 10.2 Å². The summed E-state index contributed by atoms with van der Waals surface area (Å²) in [5.74, 6) is 1.77. The molecule has 3 rings (SSSR count). The van der Waals surface area contributed by atoms with E-state index in [0.717, 1.165) is 28.0 Å². The number of aromatic nitrogens is 4. The molecule has 3 aromatic rings. The van der Waals surface area contributed by atoms with Crippen molar-refractivity contribution >= 4 is 16.3 Å². The third-order valence-corrected chi connectivity index (χ3v) is 4.12. The molecule has 0 radical (unpaired) electrons. The number of nitrogens with zero attached hydrogens (tertiary/aromatic N) is 4. The van der Waals surface area contributed by atoms with Gasteiger partial charge in [0, 0.05) is 11.8 Å². The predicted molar refractivity (Wildman–Crippen MR) is 83.2 cm³/mol. The molecule has 0 bridgehead atoms. The van der Waals surface area contributed by atoms with Gasteiger partial charge >= 0.3 is 0 Å². The molecule has 110 valence electrons. The fourth-order valence-electron chi connectivity index (χ4n) is 2.11. The maximum Gasteiger partial charge on any atom is 0.234 e. The molecule has 0 unspecified atom stereocenters. The molecule has 0 atom stereocenters. The number of hydrogen-bond acceptors (Lipinski definition) is 5. The Morgan fingerprint density at radius 2 is 1.86 bits per heavy atom. The lowest BCUT2D eigenvalue weighted by atomic mass is 9.96. The highest BCUT2D eigenvalue weighted by molar-refractivity contribution is 7.16. The number of hydrogen-bond donors (Lipinski definition) is 0. The maximum atomic E-state index is 5.17. The van der Waals surface area contributed by atoms with Crippen LogP contribution in [0.5, 0.6) is 5.75 Å². The zero-order valence-corrected chi connectivity index (χ0v) is 13.4. The highest BCUT2D eigenvalue weighted by Gasteiger charge is 2.23. The summed E-state index contributed by atoms with van der Waals surface area (Å²) in [6.45, 7) is 6.35. The third-order valence-electron chi connectivity index (χ3n) is 3.22. The van der Waals surface area contributed by atoms with Crippen molar-refractivity contribution < 1.29 is 4.74 Å². The Kier molecular flexibility index (Phi) is 3.41. The smallest absolute Gasteiger partial charge is 0.234 e. The van der Waals surface area contributed by atoms with Crippen molar-refractivity contribution in [3.63, 3.8) is 0 Å². The Bertz CT molecular complexity index is 752. The van der Waals surface area contributed by atoms with Crippen LogP contribution in [0.3, 0.4) is 0 Å². The highest BCUT2D eigenvalue weighted by atomic mass is 32.1. The lowest BCUT2D eigenvalue weighted by molar-refractivity contribution is 0.414. The van der Waals surface area contributed by atoms with Gasteiger partial charge in [-0.05, 0) is 17.7 Å². The van der Waals surface area contributed by atoms with Crippen LogP contribution < -0.4 is 4.74 Å². The number of ether oxygens (including phenoxy) is 1. The first-order valence-corrected chi connectivity index (χ1v) is 7.63. The summed E-state index contributed by atoms with van der Waals surface area (Å²) in [7, 11) is 1.67. The Balaban J connectivity index is 1.89. The van der Waals surface area contributed by atoms with Gasteiger partial charge in [-0.25, -0.2) is 0 Å². The van der Waals surface area contributed by atoms with Crippen LogP contribution in [0.2, 0.25) is 0 Å². The molecule has 0 N–H and O–H groups in total. The molecular weight excluding hydrogens is 284 g/mol. The predicted octanol–water partition coefficient (Wildman–Crippen LogP) is 3.08. The van der Waals surface area contributed by atoms with Crippen molar-refractivity contribution in [1.82, 2.24) is 19.8 Å². The SMILES string of the molecule is COc1ccc(Cc2nn3c(C(C)(C)C)nnc3s2)cc1. The van der Waals surface area contributed by atoms with E-state index in [1.54, 1.807) is 18.4 Å². The third kappa shape index (κ3) is 2.76. The molecule has 0 amide bonds. The van der Waals surface area contributed by atoms with Gasteiger partial charge < -0.3 is 4.74 Å². The number of fused-ring (bicyclic) bond motifs is 1. The van der Waals surface area contributed by atoms with Crippen molar-refractivity contribution in [2.45, 2.75) is 32.6 Å². The summed E-state index contributed by atoms with van der Waals surface area (Å²) in [4.78, 5) is 0.850. The van der Waals surface area contributed by atoms with Crippen molar-refractivity contribution in [3.05, 3.63) is 40.7 Å². The number of methoxy groups -OCH3 is 1. The van der Waals surface area contributed by atoms with Crippen molar-refractivity contribution in [2.75, 3.05) is 7.11 Å². The van der Waals surface area contributed by atoms with E-state index in [1.165, 1.54) is 5.56 Å². The number of benzene rings is 1. The first-order chi connectivity index (χ1) is 9.97. The van der Waals surface area contributed by atoms with Gasteiger partial charge in [0.2, 0.25) is 4.96 Å². The summed E-state index contributed by atoms with van der Waals surface area (Å²) in [5, 5.41) is 14.2. The van der Waals surface area contributed by atoms with Gasteiger partial charge in [0.1, 0.15) is 10.8 Å². The standard InChI is InChI=1S/C15H18N4OS/c1-15(2,3)13-16-17-14-19(13)18-12(21-14)9-10-5-7-11(20-4)8-6-10/h5-8H,9H2,1-4H3. The van der Waals surface area contributed by atoms with Crippen LogP contribution in [-0.4, -0.2) is 26.9 Å². The molecule has 0 spiro atoms. The molecule has 0 fully saturated rings. The zero-order valence-electron chi connectivity index (χ0n) is 12.6. The van der Waals surface area contributed by atoms with E-state index in [-0.39, 0.29) is 5.41 Å². The van der Waals surface area contributed by atoms with Gasteiger partial charge in [-0.1, -0.05) is 44.2 Å². The average Bonchev–Trinajstić information content (AvgIpc) is 2.98. The van der Waals surface area contributed by atoms with Gasteiger partial charge in [0.25, 0.3) is 0 Å². The zero-order chi connectivity index (χ0) is 15.0. The molecule has 1 aromatic carbocycles. The lowest BCUT2D eigenvalue weighted by Crippen LogP contribution is -2.16. The molecule has 6 heteroatoms. The minimum absolute atomic E-state index is 0.0646. The Hall–Kier alpha value is -1.95. The normalized spacial score (nSPS) is 12.0. The molecule has 0 saturated carbocycles. The molecule has 2 aromatic heterocycles. The van der Waals surface area contributed by atoms with E-state index in [4.69, 9.17) is 4.74 Å². The van der Waals surface area contributed by atoms with E-state index in [9.17, 15) is 0 Å². The molecule has 21 heavy (non-hydrogen) atoms. The molecule has 5 nitrogen and oxygen atoms in total. The summed E-state index contributed by atoms with van der Waals surface area (Å²) in [6.07, 6.45) is 0.793. The lowest BCUT2D eigenvalue weighted by Gasteiger charge is -2.13. The molecule has 0 aliphatic heterocycles. The van der Waals surface area contributed by atoms with Crippen molar-refractivity contribution in [1.29, 1.82) is 0 Å². The summed E-state index contributed by atoms with van der Waals surface area (Å²) in [5.41, 5.74) is 1.14. The fraction of sp³-hybridized carbons (Fsp3) is 0.400. The first-order valence-electron chi connectivity index (χ1n) is 6.82. The van der Waals surface area contributed by atoms with E-state index < -0.39 is 0 Å². The maximum absolute atomic E-state index is 5.17. The van der Waals surface area contributed by atoms with Crippen molar-refractivity contribution in [2.24, 2.45) is 0 Å². The van der Waals surface area contributed by atoms with Crippen molar-refractivity contribution in [3.8, 4) is 5.75 Å². The largest absolute Gasteiger partial charge is 0.497 e. The topological polar surface area (TPSA) is 52.3 Å². The second-order valence-corrected chi connectivity index (χ2v) is 7.03. The molecule has 0 aliphatic carbocycles. The molecule has 0 saturated heterocycles. The Labute approximate surface area is 127 Å².